The van der Waals surface area contributed by atoms with E-state index in [1.807, 2.05) is 32.9 Å². The minimum atomic E-state index is -0.437. The van der Waals surface area contributed by atoms with Gasteiger partial charge in [0, 0.05) is 23.1 Å². The average Bonchev–Trinajstić information content (AvgIpc) is 2.31. The first kappa shape index (κ1) is 16.3. The Morgan fingerprint density at radius 1 is 1.24 bits per heavy atom. The van der Waals surface area contributed by atoms with Crippen LogP contribution in [0.5, 0.6) is 0 Å². The van der Waals surface area contributed by atoms with Crippen LogP contribution in [0.25, 0.3) is 0 Å². The molecule has 1 aromatic carbocycles. The lowest BCUT2D eigenvalue weighted by Gasteiger charge is -2.36. The van der Waals surface area contributed by atoms with Crippen molar-refractivity contribution < 1.29 is 9.53 Å². The molecule has 0 aromatic heterocycles. The number of carbonyl (C=O) groups excluding carboxylic acids is 1. The van der Waals surface area contributed by atoms with E-state index in [1.165, 1.54) is 5.56 Å². The first-order valence-corrected chi connectivity index (χ1v) is 8.08. The predicted molar refractivity (Wildman–Crippen MR) is 87.2 cm³/mol. The number of carbonyl (C=O) groups is 1. The van der Waals surface area contributed by atoms with Crippen molar-refractivity contribution in [2.75, 3.05) is 0 Å². The van der Waals surface area contributed by atoms with Crippen molar-refractivity contribution in [1.29, 1.82) is 0 Å². The molecule has 1 aliphatic carbocycles. The summed E-state index contributed by atoms with van der Waals surface area (Å²) in [6, 6.07) is 8.99. The molecule has 0 saturated heterocycles. The SMILES string of the molecule is CC(C)(C)OC(=O)NC1CC(NCc2ccc(Br)cc2)C1. The number of halogens is 1. The molecule has 1 fully saturated rings. The van der Waals surface area contributed by atoms with E-state index in [-0.39, 0.29) is 12.1 Å². The molecule has 5 heteroatoms. The molecule has 0 atom stereocenters. The zero-order valence-corrected chi connectivity index (χ0v) is 14.4. The summed E-state index contributed by atoms with van der Waals surface area (Å²) >= 11 is 3.43. The molecule has 0 unspecified atom stereocenters. The number of amides is 1. The van der Waals surface area contributed by atoms with Crippen LogP contribution < -0.4 is 10.6 Å². The van der Waals surface area contributed by atoms with E-state index in [2.05, 4.69) is 38.7 Å². The lowest BCUT2D eigenvalue weighted by molar-refractivity contribution is 0.0465. The van der Waals surface area contributed by atoms with E-state index in [0.717, 1.165) is 23.9 Å². The Kier molecular flexibility index (Phi) is 5.27. The molecule has 1 saturated carbocycles. The van der Waals surface area contributed by atoms with Gasteiger partial charge in [-0.05, 0) is 51.3 Å². The third-order valence-electron chi connectivity index (χ3n) is 3.37. The number of hydrogen-bond donors (Lipinski definition) is 2. The lowest BCUT2D eigenvalue weighted by atomic mass is 9.87. The second-order valence-corrected chi connectivity index (χ2v) is 7.43. The van der Waals surface area contributed by atoms with Crippen LogP contribution in [0.1, 0.15) is 39.2 Å². The van der Waals surface area contributed by atoms with Gasteiger partial charge >= 0.3 is 6.09 Å². The molecule has 0 radical (unpaired) electrons. The highest BCUT2D eigenvalue weighted by Gasteiger charge is 2.31. The van der Waals surface area contributed by atoms with Crippen LogP contribution in [-0.2, 0) is 11.3 Å². The highest BCUT2D eigenvalue weighted by atomic mass is 79.9. The average molecular weight is 355 g/mol. The molecule has 116 valence electrons. The third kappa shape index (κ3) is 5.67. The zero-order valence-electron chi connectivity index (χ0n) is 12.8. The van der Waals surface area contributed by atoms with Crippen molar-refractivity contribution in [2.45, 2.75) is 57.8 Å². The van der Waals surface area contributed by atoms with Crippen molar-refractivity contribution in [3.8, 4) is 0 Å². The van der Waals surface area contributed by atoms with Gasteiger partial charge in [0.1, 0.15) is 5.60 Å². The largest absolute Gasteiger partial charge is 0.444 e. The van der Waals surface area contributed by atoms with E-state index in [4.69, 9.17) is 4.74 Å². The van der Waals surface area contributed by atoms with E-state index < -0.39 is 5.60 Å². The molecule has 0 bridgehead atoms. The maximum atomic E-state index is 11.6. The fraction of sp³-hybridized carbons (Fsp3) is 0.562. The monoisotopic (exact) mass is 354 g/mol. The smallest absolute Gasteiger partial charge is 0.407 e. The standard InChI is InChI=1S/C16H23BrN2O2/c1-16(2,3)21-15(20)19-14-8-13(9-14)18-10-11-4-6-12(17)7-5-11/h4-7,13-14,18H,8-10H2,1-3H3,(H,19,20). The first-order valence-electron chi connectivity index (χ1n) is 7.29. The molecule has 0 aliphatic heterocycles. The maximum Gasteiger partial charge on any atom is 0.407 e. The van der Waals surface area contributed by atoms with E-state index >= 15 is 0 Å². The second kappa shape index (κ2) is 6.79. The number of benzene rings is 1. The summed E-state index contributed by atoms with van der Waals surface area (Å²) in [6.45, 7) is 6.47. The highest BCUT2D eigenvalue weighted by Crippen LogP contribution is 2.21. The molecule has 1 amide bonds. The molecule has 1 aromatic rings. The summed E-state index contributed by atoms with van der Waals surface area (Å²) in [6.07, 6.45) is 1.59. The van der Waals surface area contributed by atoms with Gasteiger partial charge in [-0.2, -0.15) is 0 Å². The van der Waals surface area contributed by atoms with Gasteiger partial charge in [-0.3, -0.25) is 0 Å². The van der Waals surface area contributed by atoms with Crippen molar-refractivity contribution >= 4 is 22.0 Å². The molecule has 4 nitrogen and oxygen atoms in total. The van der Waals surface area contributed by atoms with Crippen molar-refractivity contribution in [3.05, 3.63) is 34.3 Å². The Bertz CT molecular complexity index is 476. The minimum absolute atomic E-state index is 0.224. The summed E-state index contributed by atoms with van der Waals surface area (Å²) < 4.78 is 6.34. The van der Waals surface area contributed by atoms with Crippen LogP contribution in [0.4, 0.5) is 4.79 Å². The Balaban J connectivity index is 1.63. The fourth-order valence-electron chi connectivity index (χ4n) is 2.24. The highest BCUT2D eigenvalue weighted by molar-refractivity contribution is 9.10. The second-order valence-electron chi connectivity index (χ2n) is 6.52. The van der Waals surface area contributed by atoms with Crippen LogP contribution in [0.2, 0.25) is 0 Å². The van der Waals surface area contributed by atoms with E-state index in [1.54, 1.807) is 0 Å². The zero-order chi connectivity index (χ0) is 15.5. The van der Waals surface area contributed by atoms with Crippen LogP contribution in [0.3, 0.4) is 0 Å². The molecular formula is C16H23BrN2O2. The third-order valence-corrected chi connectivity index (χ3v) is 3.90. The molecule has 1 aliphatic rings. The van der Waals surface area contributed by atoms with Gasteiger partial charge in [-0.15, -0.1) is 0 Å². The summed E-state index contributed by atoms with van der Waals surface area (Å²) in [4.78, 5) is 11.6. The number of nitrogens with one attached hydrogen (secondary N) is 2. The lowest BCUT2D eigenvalue weighted by Crippen LogP contribution is -2.52. The van der Waals surface area contributed by atoms with Crippen LogP contribution >= 0.6 is 15.9 Å². The number of rotatable bonds is 4. The fourth-order valence-corrected chi connectivity index (χ4v) is 2.51. The predicted octanol–water partition coefficient (Wildman–Crippen LogP) is 3.59. The van der Waals surface area contributed by atoms with Crippen LogP contribution in [0, 0.1) is 0 Å². The molecule has 0 heterocycles. The molecule has 0 spiro atoms. The quantitative estimate of drug-likeness (QED) is 0.868. The molecular weight excluding hydrogens is 332 g/mol. The maximum absolute atomic E-state index is 11.6. The summed E-state index contributed by atoms with van der Waals surface area (Å²) in [5, 5.41) is 6.40. The summed E-state index contributed by atoms with van der Waals surface area (Å²) in [5.74, 6) is 0. The number of ether oxygens (including phenoxy) is 1. The van der Waals surface area contributed by atoms with Gasteiger partial charge in [0.2, 0.25) is 0 Å². The Morgan fingerprint density at radius 2 is 1.86 bits per heavy atom. The van der Waals surface area contributed by atoms with E-state index in [0.29, 0.717) is 6.04 Å². The normalized spacial score (nSPS) is 21.5. The molecule has 2 rings (SSSR count). The number of alkyl carbamates (subject to hydrolysis) is 1. The number of hydrogen-bond acceptors (Lipinski definition) is 3. The van der Waals surface area contributed by atoms with Gasteiger partial charge in [0.15, 0.2) is 0 Å². The van der Waals surface area contributed by atoms with Crippen LogP contribution in [0.15, 0.2) is 28.7 Å². The van der Waals surface area contributed by atoms with Crippen LogP contribution in [-0.4, -0.2) is 23.8 Å². The Morgan fingerprint density at radius 3 is 2.43 bits per heavy atom. The molecule has 2 N–H and O–H groups in total. The minimum Gasteiger partial charge on any atom is -0.444 e. The first-order chi connectivity index (χ1) is 9.82. The van der Waals surface area contributed by atoms with Gasteiger partial charge < -0.3 is 15.4 Å². The van der Waals surface area contributed by atoms with Gasteiger partial charge in [0.05, 0.1) is 0 Å². The van der Waals surface area contributed by atoms with Crippen molar-refractivity contribution in [1.82, 2.24) is 10.6 Å². The molecule has 21 heavy (non-hydrogen) atoms. The summed E-state index contributed by atoms with van der Waals surface area (Å²) in [5.41, 5.74) is 0.828. The van der Waals surface area contributed by atoms with Crippen molar-refractivity contribution in [2.24, 2.45) is 0 Å². The Labute approximate surface area is 134 Å². The van der Waals surface area contributed by atoms with Gasteiger partial charge in [0.25, 0.3) is 0 Å². The van der Waals surface area contributed by atoms with Crippen molar-refractivity contribution in [3.63, 3.8) is 0 Å². The topological polar surface area (TPSA) is 50.4 Å². The van der Waals surface area contributed by atoms with Gasteiger partial charge in [-0.1, -0.05) is 28.1 Å². The Hall–Kier alpha value is -1.07. The van der Waals surface area contributed by atoms with E-state index in [9.17, 15) is 4.79 Å². The van der Waals surface area contributed by atoms with Gasteiger partial charge in [-0.25, -0.2) is 4.79 Å². The summed E-state index contributed by atoms with van der Waals surface area (Å²) in [7, 11) is 0.